The van der Waals surface area contributed by atoms with Crippen molar-refractivity contribution in [3.63, 3.8) is 0 Å². The standard InChI is InChI=1S/C10H12N4O/c1-3-8-4-5-14(13-8)9-6-10(15-2)12-11-7-9/h4-7H,3H2,1-2H3. The van der Waals surface area contributed by atoms with E-state index < -0.39 is 0 Å². The Hall–Kier alpha value is -1.91. The number of aryl methyl sites for hydroxylation is 1. The summed E-state index contributed by atoms with van der Waals surface area (Å²) in [4.78, 5) is 0. The fraction of sp³-hybridized carbons (Fsp3) is 0.300. The molecule has 0 amide bonds. The molecule has 78 valence electrons. The van der Waals surface area contributed by atoms with Crippen molar-refractivity contribution >= 4 is 0 Å². The highest BCUT2D eigenvalue weighted by Gasteiger charge is 2.02. The minimum Gasteiger partial charge on any atom is -0.480 e. The fourth-order valence-electron chi connectivity index (χ4n) is 1.26. The Balaban J connectivity index is 2.35. The van der Waals surface area contributed by atoms with E-state index in [-0.39, 0.29) is 0 Å². The molecule has 2 heterocycles. The van der Waals surface area contributed by atoms with Crippen LogP contribution in [0.5, 0.6) is 5.88 Å². The van der Waals surface area contributed by atoms with E-state index in [2.05, 4.69) is 22.2 Å². The first-order valence-corrected chi connectivity index (χ1v) is 4.75. The molecule has 0 atom stereocenters. The quantitative estimate of drug-likeness (QED) is 0.754. The topological polar surface area (TPSA) is 52.8 Å². The average molecular weight is 204 g/mol. The van der Waals surface area contributed by atoms with Crippen molar-refractivity contribution in [1.82, 2.24) is 20.0 Å². The number of rotatable bonds is 3. The summed E-state index contributed by atoms with van der Waals surface area (Å²) in [7, 11) is 1.56. The van der Waals surface area contributed by atoms with Gasteiger partial charge in [-0.2, -0.15) is 10.2 Å². The van der Waals surface area contributed by atoms with Gasteiger partial charge in [0.15, 0.2) is 0 Å². The molecule has 2 rings (SSSR count). The lowest BCUT2D eigenvalue weighted by Gasteiger charge is -2.01. The third-order valence-corrected chi connectivity index (χ3v) is 2.10. The molecule has 0 aliphatic rings. The van der Waals surface area contributed by atoms with Crippen molar-refractivity contribution in [3.8, 4) is 11.6 Å². The number of nitrogens with zero attached hydrogens (tertiary/aromatic N) is 4. The van der Waals surface area contributed by atoms with Gasteiger partial charge in [-0.25, -0.2) is 4.68 Å². The molecule has 0 aromatic carbocycles. The van der Waals surface area contributed by atoms with Gasteiger partial charge in [0, 0.05) is 12.3 Å². The summed E-state index contributed by atoms with van der Waals surface area (Å²) in [6, 6.07) is 3.77. The fourth-order valence-corrected chi connectivity index (χ4v) is 1.26. The van der Waals surface area contributed by atoms with Crippen LogP contribution in [0.25, 0.3) is 5.69 Å². The van der Waals surface area contributed by atoms with Crippen LogP contribution >= 0.6 is 0 Å². The maximum Gasteiger partial charge on any atom is 0.235 e. The largest absolute Gasteiger partial charge is 0.480 e. The van der Waals surface area contributed by atoms with Gasteiger partial charge in [-0.05, 0) is 12.5 Å². The van der Waals surface area contributed by atoms with E-state index in [0.717, 1.165) is 17.8 Å². The molecule has 0 saturated heterocycles. The van der Waals surface area contributed by atoms with E-state index in [1.54, 1.807) is 24.1 Å². The van der Waals surface area contributed by atoms with Gasteiger partial charge in [0.2, 0.25) is 5.88 Å². The summed E-state index contributed by atoms with van der Waals surface area (Å²) in [5.74, 6) is 0.487. The third-order valence-electron chi connectivity index (χ3n) is 2.10. The van der Waals surface area contributed by atoms with Crippen molar-refractivity contribution < 1.29 is 4.74 Å². The van der Waals surface area contributed by atoms with Crippen LogP contribution < -0.4 is 4.74 Å². The Morgan fingerprint density at radius 1 is 1.47 bits per heavy atom. The SMILES string of the molecule is CCc1ccn(-c2cnnc(OC)c2)n1. The van der Waals surface area contributed by atoms with E-state index in [4.69, 9.17) is 4.74 Å². The zero-order valence-corrected chi connectivity index (χ0v) is 8.71. The number of ether oxygens (including phenoxy) is 1. The smallest absolute Gasteiger partial charge is 0.235 e. The molecule has 0 spiro atoms. The molecule has 2 aromatic heterocycles. The molecule has 0 aliphatic heterocycles. The first kappa shape index (κ1) is 9.64. The van der Waals surface area contributed by atoms with Crippen LogP contribution in [0.2, 0.25) is 0 Å². The summed E-state index contributed by atoms with van der Waals surface area (Å²) in [5, 5.41) is 12.0. The van der Waals surface area contributed by atoms with Crippen LogP contribution in [0, 0.1) is 0 Å². The summed E-state index contributed by atoms with van der Waals surface area (Å²) in [6.45, 7) is 2.07. The molecular formula is C10H12N4O. The lowest BCUT2D eigenvalue weighted by Crippen LogP contribution is -1.99. The lowest BCUT2D eigenvalue weighted by atomic mass is 10.4. The zero-order valence-electron chi connectivity index (χ0n) is 8.71. The van der Waals surface area contributed by atoms with Crippen LogP contribution in [0.1, 0.15) is 12.6 Å². The van der Waals surface area contributed by atoms with Crippen molar-refractivity contribution in [2.75, 3.05) is 7.11 Å². The molecule has 5 nitrogen and oxygen atoms in total. The van der Waals surface area contributed by atoms with Gasteiger partial charge in [-0.3, -0.25) is 0 Å². The maximum absolute atomic E-state index is 4.99. The minimum atomic E-state index is 0.487. The highest BCUT2D eigenvalue weighted by atomic mass is 16.5. The number of methoxy groups -OCH3 is 1. The van der Waals surface area contributed by atoms with Crippen molar-refractivity contribution in [2.24, 2.45) is 0 Å². The van der Waals surface area contributed by atoms with Crippen LogP contribution in [0.4, 0.5) is 0 Å². The molecule has 0 bridgehead atoms. The molecule has 0 radical (unpaired) electrons. The summed E-state index contributed by atoms with van der Waals surface area (Å²) in [5.41, 5.74) is 1.90. The number of hydrogen-bond acceptors (Lipinski definition) is 4. The monoisotopic (exact) mass is 204 g/mol. The van der Waals surface area contributed by atoms with E-state index in [1.807, 2.05) is 12.3 Å². The molecular weight excluding hydrogens is 192 g/mol. The normalized spacial score (nSPS) is 10.3. The second kappa shape index (κ2) is 4.08. The summed E-state index contributed by atoms with van der Waals surface area (Å²) in [6.07, 6.45) is 4.47. The molecule has 0 aliphatic carbocycles. The molecule has 5 heteroatoms. The maximum atomic E-state index is 4.99. The van der Waals surface area contributed by atoms with Gasteiger partial charge >= 0.3 is 0 Å². The second-order valence-electron chi connectivity index (χ2n) is 3.06. The Morgan fingerprint density at radius 3 is 3.00 bits per heavy atom. The van der Waals surface area contributed by atoms with E-state index in [1.165, 1.54) is 0 Å². The first-order valence-electron chi connectivity index (χ1n) is 4.75. The highest BCUT2D eigenvalue weighted by molar-refractivity contribution is 5.31. The van der Waals surface area contributed by atoms with Gasteiger partial charge in [0.25, 0.3) is 0 Å². The average Bonchev–Trinajstić information content (AvgIpc) is 2.78. The van der Waals surface area contributed by atoms with Gasteiger partial charge in [-0.1, -0.05) is 6.92 Å². The lowest BCUT2D eigenvalue weighted by molar-refractivity contribution is 0.391. The molecule has 0 N–H and O–H groups in total. The Morgan fingerprint density at radius 2 is 2.33 bits per heavy atom. The van der Waals surface area contributed by atoms with E-state index >= 15 is 0 Å². The number of aromatic nitrogens is 4. The van der Waals surface area contributed by atoms with Crippen LogP contribution in [-0.2, 0) is 6.42 Å². The molecule has 0 fully saturated rings. The molecule has 15 heavy (non-hydrogen) atoms. The minimum absolute atomic E-state index is 0.487. The number of hydrogen-bond donors (Lipinski definition) is 0. The molecule has 2 aromatic rings. The Labute approximate surface area is 87.7 Å². The molecule has 0 saturated carbocycles. The predicted octanol–water partition coefficient (Wildman–Crippen LogP) is 1.23. The van der Waals surface area contributed by atoms with Gasteiger partial charge in [0.1, 0.15) is 0 Å². The van der Waals surface area contributed by atoms with Crippen molar-refractivity contribution in [1.29, 1.82) is 0 Å². The third kappa shape index (κ3) is 1.96. The van der Waals surface area contributed by atoms with Gasteiger partial charge in [0.05, 0.1) is 24.7 Å². The Bertz CT molecular complexity index is 452. The van der Waals surface area contributed by atoms with Gasteiger partial charge in [-0.15, -0.1) is 5.10 Å². The van der Waals surface area contributed by atoms with Gasteiger partial charge < -0.3 is 4.74 Å². The van der Waals surface area contributed by atoms with Crippen molar-refractivity contribution in [3.05, 3.63) is 30.2 Å². The van der Waals surface area contributed by atoms with Crippen LogP contribution in [0.15, 0.2) is 24.5 Å². The second-order valence-corrected chi connectivity index (χ2v) is 3.06. The van der Waals surface area contributed by atoms with Crippen molar-refractivity contribution in [2.45, 2.75) is 13.3 Å². The molecule has 0 unspecified atom stereocenters. The summed E-state index contributed by atoms with van der Waals surface area (Å²) < 4.78 is 6.75. The van der Waals surface area contributed by atoms with E-state index in [9.17, 15) is 0 Å². The predicted molar refractivity (Wildman–Crippen MR) is 55.1 cm³/mol. The zero-order chi connectivity index (χ0) is 10.7. The highest BCUT2D eigenvalue weighted by Crippen LogP contribution is 2.11. The van der Waals surface area contributed by atoms with Crippen LogP contribution in [-0.4, -0.2) is 27.1 Å². The summed E-state index contributed by atoms with van der Waals surface area (Å²) >= 11 is 0. The van der Waals surface area contributed by atoms with E-state index in [0.29, 0.717) is 5.88 Å². The van der Waals surface area contributed by atoms with Crippen LogP contribution in [0.3, 0.4) is 0 Å². The first-order chi connectivity index (χ1) is 7.33. The Kier molecular flexibility index (Phi) is 2.62.